The van der Waals surface area contributed by atoms with Gasteiger partial charge in [-0.3, -0.25) is 4.79 Å². The highest BCUT2D eigenvalue weighted by Crippen LogP contribution is 2.27. The first kappa shape index (κ1) is 18.0. The van der Waals surface area contributed by atoms with Crippen molar-refractivity contribution in [2.24, 2.45) is 5.41 Å². The van der Waals surface area contributed by atoms with Gasteiger partial charge in [-0.25, -0.2) is 4.79 Å². The number of aryl methyl sites for hydroxylation is 1. The molecule has 0 spiro atoms. The van der Waals surface area contributed by atoms with Crippen molar-refractivity contribution < 1.29 is 9.59 Å². The van der Waals surface area contributed by atoms with E-state index in [0.717, 1.165) is 18.4 Å². The van der Waals surface area contributed by atoms with E-state index in [0.29, 0.717) is 17.9 Å². The van der Waals surface area contributed by atoms with Crippen molar-refractivity contribution in [3.63, 3.8) is 0 Å². The molecular formula is C17H27N3O2. The Labute approximate surface area is 132 Å². The van der Waals surface area contributed by atoms with Crippen LogP contribution in [0.5, 0.6) is 0 Å². The van der Waals surface area contributed by atoms with E-state index in [4.69, 9.17) is 0 Å². The van der Waals surface area contributed by atoms with Crippen LogP contribution in [0.2, 0.25) is 0 Å². The van der Waals surface area contributed by atoms with Crippen LogP contribution in [0.3, 0.4) is 0 Å². The fourth-order valence-corrected chi connectivity index (χ4v) is 1.78. The monoisotopic (exact) mass is 305 g/mol. The Bertz CT molecular complexity index is 533. The van der Waals surface area contributed by atoms with Crippen molar-refractivity contribution in [1.29, 1.82) is 0 Å². The molecule has 122 valence electrons. The Morgan fingerprint density at radius 1 is 1.14 bits per heavy atom. The molecule has 5 heteroatoms. The summed E-state index contributed by atoms with van der Waals surface area (Å²) in [6.45, 7) is 10.2. The average Bonchev–Trinajstić information content (AvgIpc) is 2.41. The summed E-state index contributed by atoms with van der Waals surface area (Å²) in [6, 6.07) is 5.28. The van der Waals surface area contributed by atoms with E-state index in [9.17, 15) is 9.59 Å². The predicted molar refractivity (Wildman–Crippen MR) is 91.2 cm³/mol. The minimum absolute atomic E-state index is 0.0868. The first-order chi connectivity index (χ1) is 10.3. The molecule has 0 aromatic heterocycles. The summed E-state index contributed by atoms with van der Waals surface area (Å²) in [4.78, 5) is 24.1. The number of carbonyl (C=O) groups excluding carboxylic acids is 2. The maximum Gasteiger partial charge on any atom is 0.319 e. The Balaban J connectivity index is 2.85. The fourth-order valence-electron chi connectivity index (χ4n) is 1.78. The molecule has 0 aliphatic carbocycles. The number of urea groups is 1. The average molecular weight is 305 g/mol. The zero-order valence-corrected chi connectivity index (χ0v) is 14.2. The SMILES string of the molecule is CCCCNC(=O)Nc1cccc(C)c1NC(=O)C(C)(C)C. The third-order valence-electron chi connectivity index (χ3n) is 3.26. The lowest BCUT2D eigenvalue weighted by Crippen LogP contribution is -2.31. The van der Waals surface area contributed by atoms with Crippen LogP contribution >= 0.6 is 0 Å². The van der Waals surface area contributed by atoms with E-state index < -0.39 is 5.41 Å². The van der Waals surface area contributed by atoms with Crippen molar-refractivity contribution in [2.45, 2.75) is 47.5 Å². The smallest absolute Gasteiger partial charge is 0.319 e. The number of unbranched alkanes of at least 4 members (excludes halogenated alkanes) is 1. The molecule has 22 heavy (non-hydrogen) atoms. The van der Waals surface area contributed by atoms with E-state index in [1.54, 1.807) is 6.07 Å². The van der Waals surface area contributed by atoms with Crippen LogP contribution in [0.15, 0.2) is 18.2 Å². The normalized spacial score (nSPS) is 11.0. The Kier molecular flexibility index (Phi) is 6.40. The second-order valence-electron chi connectivity index (χ2n) is 6.44. The van der Waals surface area contributed by atoms with Gasteiger partial charge < -0.3 is 16.0 Å². The maximum absolute atomic E-state index is 12.2. The number of anilines is 2. The van der Waals surface area contributed by atoms with Gasteiger partial charge in [-0.05, 0) is 25.0 Å². The highest BCUT2D eigenvalue weighted by molar-refractivity contribution is 6.01. The van der Waals surface area contributed by atoms with Gasteiger partial charge in [0, 0.05) is 12.0 Å². The van der Waals surface area contributed by atoms with Crippen LogP contribution in [-0.4, -0.2) is 18.5 Å². The second kappa shape index (κ2) is 7.82. The highest BCUT2D eigenvalue weighted by atomic mass is 16.2. The number of para-hydroxylation sites is 1. The largest absolute Gasteiger partial charge is 0.338 e. The summed E-state index contributed by atoms with van der Waals surface area (Å²) >= 11 is 0. The van der Waals surface area contributed by atoms with Gasteiger partial charge >= 0.3 is 6.03 Å². The first-order valence-corrected chi connectivity index (χ1v) is 7.71. The lowest BCUT2D eigenvalue weighted by atomic mass is 9.95. The zero-order chi connectivity index (χ0) is 16.8. The van der Waals surface area contributed by atoms with Crippen LogP contribution in [0.4, 0.5) is 16.2 Å². The molecule has 0 bridgehead atoms. The number of benzene rings is 1. The first-order valence-electron chi connectivity index (χ1n) is 7.71. The van der Waals surface area contributed by atoms with Crippen molar-refractivity contribution in [3.8, 4) is 0 Å². The molecular weight excluding hydrogens is 278 g/mol. The highest BCUT2D eigenvalue weighted by Gasteiger charge is 2.23. The van der Waals surface area contributed by atoms with Gasteiger partial charge in [-0.15, -0.1) is 0 Å². The fraction of sp³-hybridized carbons (Fsp3) is 0.529. The molecule has 1 aromatic rings. The van der Waals surface area contributed by atoms with Gasteiger partial charge in [-0.2, -0.15) is 0 Å². The number of nitrogens with one attached hydrogen (secondary N) is 3. The number of carbonyl (C=O) groups is 2. The molecule has 3 amide bonds. The minimum atomic E-state index is -0.497. The van der Waals surface area contributed by atoms with Crippen LogP contribution in [0, 0.1) is 12.3 Å². The number of hydrogen-bond acceptors (Lipinski definition) is 2. The van der Waals surface area contributed by atoms with E-state index in [-0.39, 0.29) is 11.9 Å². The molecule has 0 saturated heterocycles. The van der Waals surface area contributed by atoms with Crippen molar-refractivity contribution in [3.05, 3.63) is 23.8 Å². The Morgan fingerprint density at radius 3 is 2.41 bits per heavy atom. The van der Waals surface area contributed by atoms with Crippen LogP contribution in [-0.2, 0) is 4.79 Å². The number of amides is 3. The molecule has 0 fully saturated rings. The van der Waals surface area contributed by atoms with Crippen molar-refractivity contribution >= 4 is 23.3 Å². The van der Waals surface area contributed by atoms with Gasteiger partial charge in [0.15, 0.2) is 0 Å². The molecule has 0 aliphatic heterocycles. The van der Waals surface area contributed by atoms with E-state index >= 15 is 0 Å². The van der Waals surface area contributed by atoms with Crippen LogP contribution < -0.4 is 16.0 Å². The molecule has 3 N–H and O–H groups in total. The number of hydrogen-bond donors (Lipinski definition) is 3. The van der Waals surface area contributed by atoms with Gasteiger partial charge in [0.05, 0.1) is 11.4 Å². The van der Waals surface area contributed by atoms with E-state index in [2.05, 4.69) is 22.9 Å². The summed E-state index contributed by atoms with van der Waals surface area (Å²) in [7, 11) is 0. The van der Waals surface area contributed by atoms with E-state index in [1.807, 2.05) is 39.8 Å². The summed E-state index contributed by atoms with van der Waals surface area (Å²) in [6.07, 6.45) is 1.96. The topological polar surface area (TPSA) is 70.2 Å². The van der Waals surface area contributed by atoms with Gasteiger partial charge in [-0.1, -0.05) is 46.2 Å². The zero-order valence-electron chi connectivity index (χ0n) is 14.2. The molecule has 0 saturated carbocycles. The molecule has 5 nitrogen and oxygen atoms in total. The number of rotatable bonds is 5. The van der Waals surface area contributed by atoms with Crippen LogP contribution in [0.25, 0.3) is 0 Å². The second-order valence-corrected chi connectivity index (χ2v) is 6.44. The molecule has 0 heterocycles. The Hall–Kier alpha value is -2.04. The summed E-state index contributed by atoms with van der Waals surface area (Å²) in [5.41, 5.74) is 1.66. The molecule has 0 radical (unpaired) electrons. The predicted octanol–water partition coefficient (Wildman–Crippen LogP) is 3.90. The molecule has 0 unspecified atom stereocenters. The molecule has 1 aromatic carbocycles. The van der Waals surface area contributed by atoms with Gasteiger partial charge in [0.1, 0.15) is 0 Å². The third-order valence-corrected chi connectivity index (χ3v) is 3.26. The summed E-state index contributed by atoms with van der Waals surface area (Å²) < 4.78 is 0. The summed E-state index contributed by atoms with van der Waals surface area (Å²) in [5.74, 6) is -0.0868. The third kappa shape index (κ3) is 5.39. The van der Waals surface area contributed by atoms with Crippen LogP contribution in [0.1, 0.15) is 46.1 Å². The molecule has 0 atom stereocenters. The van der Waals surface area contributed by atoms with E-state index in [1.165, 1.54) is 0 Å². The summed E-state index contributed by atoms with van der Waals surface area (Å²) in [5, 5.41) is 8.51. The van der Waals surface area contributed by atoms with Crippen molar-refractivity contribution in [1.82, 2.24) is 5.32 Å². The Morgan fingerprint density at radius 2 is 1.82 bits per heavy atom. The lowest BCUT2D eigenvalue weighted by molar-refractivity contribution is -0.123. The van der Waals surface area contributed by atoms with Gasteiger partial charge in [0.25, 0.3) is 0 Å². The minimum Gasteiger partial charge on any atom is -0.338 e. The lowest BCUT2D eigenvalue weighted by Gasteiger charge is -2.21. The molecule has 1 rings (SSSR count). The molecule has 0 aliphatic rings. The van der Waals surface area contributed by atoms with Crippen molar-refractivity contribution in [2.75, 3.05) is 17.2 Å². The maximum atomic E-state index is 12.2. The quantitative estimate of drug-likeness (QED) is 0.722. The standard InChI is InChI=1S/C17H27N3O2/c1-6-7-11-18-16(22)19-13-10-8-9-12(2)14(13)20-15(21)17(3,4)5/h8-10H,6-7,11H2,1-5H3,(H,20,21)(H2,18,19,22). The van der Waals surface area contributed by atoms with Gasteiger partial charge in [0.2, 0.25) is 5.91 Å².